The van der Waals surface area contributed by atoms with Gasteiger partial charge < -0.3 is 10.5 Å². The van der Waals surface area contributed by atoms with Crippen molar-refractivity contribution in [3.63, 3.8) is 0 Å². The average molecular weight is 129 g/mol. The molecule has 2 unspecified atom stereocenters. The van der Waals surface area contributed by atoms with Gasteiger partial charge in [0, 0.05) is 12.6 Å². The molecule has 0 heterocycles. The van der Waals surface area contributed by atoms with Gasteiger partial charge in [-0.15, -0.1) is 0 Å². The monoisotopic (exact) mass is 129 g/mol. The summed E-state index contributed by atoms with van der Waals surface area (Å²) in [6, 6.07) is 0.330. The van der Waals surface area contributed by atoms with Crippen molar-refractivity contribution in [1.82, 2.24) is 0 Å². The van der Waals surface area contributed by atoms with E-state index < -0.39 is 0 Å². The number of hydrogen-bond acceptors (Lipinski definition) is 2. The van der Waals surface area contributed by atoms with Crippen molar-refractivity contribution in [2.75, 3.05) is 6.61 Å². The predicted molar refractivity (Wildman–Crippen MR) is 37.2 cm³/mol. The van der Waals surface area contributed by atoms with Crippen molar-refractivity contribution in [2.45, 2.75) is 38.3 Å². The van der Waals surface area contributed by atoms with Crippen LogP contribution in [0.3, 0.4) is 0 Å². The number of nitrogens with two attached hydrogens (primary N) is 1. The summed E-state index contributed by atoms with van der Waals surface area (Å²) in [6.45, 7) is 2.99. The summed E-state index contributed by atoms with van der Waals surface area (Å²) in [7, 11) is 0. The second-order valence-electron chi connectivity index (χ2n) is 2.65. The smallest absolute Gasteiger partial charge is 0.0726 e. The summed E-state index contributed by atoms with van der Waals surface area (Å²) in [6.07, 6.45) is 3.80. The zero-order valence-electron chi connectivity index (χ0n) is 5.97. The molecule has 0 aromatic rings. The summed E-state index contributed by atoms with van der Waals surface area (Å²) >= 11 is 0. The lowest BCUT2D eigenvalue weighted by atomic mass is 9.90. The van der Waals surface area contributed by atoms with Crippen LogP contribution in [0.4, 0.5) is 0 Å². The fourth-order valence-corrected chi connectivity index (χ4v) is 0.971. The Labute approximate surface area is 56.4 Å². The Balaban J connectivity index is 1.99. The molecule has 0 aromatic carbocycles. The minimum atomic E-state index is 0.330. The molecule has 2 heteroatoms. The topological polar surface area (TPSA) is 35.2 Å². The van der Waals surface area contributed by atoms with E-state index in [1.165, 1.54) is 6.42 Å². The second-order valence-corrected chi connectivity index (χ2v) is 2.65. The summed E-state index contributed by atoms with van der Waals surface area (Å²) < 4.78 is 5.41. The molecule has 1 aliphatic rings. The molecule has 0 aliphatic heterocycles. The maximum Gasteiger partial charge on any atom is 0.0726 e. The van der Waals surface area contributed by atoms with Crippen molar-refractivity contribution >= 4 is 0 Å². The van der Waals surface area contributed by atoms with E-state index in [1.807, 2.05) is 0 Å². The Morgan fingerprint density at radius 2 is 2.33 bits per heavy atom. The van der Waals surface area contributed by atoms with Crippen LogP contribution < -0.4 is 5.73 Å². The highest BCUT2D eigenvalue weighted by molar-refractivity contribution is 4.84. The van der Waals surface area contributed by atoms with Gasteiger partial charge in [-0.1, -0.05) is 6.92 Å². The molecule has 9 heavy (non-hydrogen) atoms. The van der Waals surface area contributed by atoms with Gasteiger partial charge in [0.15, 0.2) is 0 Å². The van der Waals surface area contributed by atoms with Crippen molar-refractivity contribution < 1.29 is 4.74 Å². The Morgan fingerprint density at radius 3 is 2.67 bits per heavy atom. The van der Waals surface area contributed by atoms with Crippen LogP contribution in [0, 0.1) is 0 Å². The summed E-state index contributed by atoms with van der Waals surface area (Å²) in [5.74, 6) is 0. The summed E-state index contributed by atoms with van der Waals surface area (Å²) in [4.78, 5) is 0. The van der Waals surface area contributed by atoms with Gasteiger partial charge in [-0.25, -0.2) is 0 Å². The quantitative estimate of drug-likeness (QED) is 0.614. The van der Waals surface area contributed by atoms with E-state index in [0.717, 1.165) is 19.4 Å². The zero-order valence-corrected chi connectivity index (χ0v) is 5.97. The number of rotatable bonds is 3. The standard InChI is InChI=1S/C7H15NO/c1-2-5-9-7-4-3-6(7)8/h6-7H,2-5,8H2,1H3. The highest BCUT2D eigenvalue weighted by atomic mass is 16.5. The van der Waals surface area contributed by atoms with Crippen LogP contribution >= 0.6 is 0 Å². The molecule has 1 rings (SSSR count). The molecule has 2 nitrogen and oxygen atoms in total. The van der Waals surface area contributed by atoms with Crippen molar-refractivity contribution in [3.8, 4) is 0 Å². The lowest BCUT2D eigenvalue weighted by molar-refractivity contribution is -0.0137. The Morgan fingerprint density at radius 1 is 1.56 bits per heavy atom. The van der Waals surface area contributed by atoms with Gasteiger partial charge in [-0.05, 0) is 19.3 Å². The SMILES string of the molecule is CCCOC1CCC1N. The average Bonchev–Trinajstić information content (AvgIpc) is 1.86. The van der Waals surface area contributed by atoms with Crippen molar-refractivity contribution in [3.05, 3.63) is 0 Å². The zero-order chi connectivity index (χ0) is 6.69. The normalized spacial score (nSPS) is 34.0. The first kappa shape index (κ1) is 7.03. The van der Waals surface area contributed by atoms with Gasteiger partial charge in [-0.2, -0.15) is 0 Å². The third kappa shape index (κ3) is 1.66. The van der Waals surface area contributed by atoms with Gasteiger partial charge in [-0.3, -0.25) is 0 Å². The van der Waals surface area contributed by atoms with Crippen molar-refractivity contribution in [2.24, 2.45) is 5.73 Å². The van der Waals surface area contributed by atoms with Crippen LogP contribution in [-0.4, -0.2) is 18.8 Å². The second kappa shape index (κ2) is 3.18. The Kier molecular flexibility index (Phi) is 2.49. The molecule has 0 radical (unpaired) electrons. The molecule has 1 fully saturated rings. The third-order valence-corrected chi connectivity index (χ3v) is 1.80. The molecule has 1 aliphatic carbocycles. The Hall–Kier alpha value is -0.0800. The van der Waals surface area contributed by atoms with Crippen molar-refractivity contribution in [1.29, 1.82) is 0 Å². The van der Waals surface area contributed by atoms with E-state index in [4.69, 9.17) is 10.5 Å². The van der Waals surface area contributed by atoms with E-state index in [2.05, 4.69) is 6.92 Å². The lowest BCUT2D eigenvalue weighted by Gasteiger charge is -2.33. The number of ether oxygens (including phenoxy) is 1. The molecule has 0 aromatic heterocycles. The van der Waals surface area contributed by atoms with Gasteiger partial charge in [0.1, 0.15) is 0 Å². The molecule has 0 bridgehead atoms. The van der Waals surface area contributed by atoms with E-state index in [9.17, 15) is 0 Å². The maximum atomic E-state index is 5.64. The van der Waals surface area contributed by atoms with Gasteiger partial charge in [0.05, 0.1) is 6.10 Å². The largest absolute Gasteiger partial charge is 0.377 e. The van der Waals surface area contributed by atoms with Gasteiger partial charge >= 0.3 is 0 Å². The molecule has 54 valence electrons. The molecular formula is C7H15NO. The van der Waals surface area contributed by atoms with Crippen LogP contribution in [0.5, 0.6) is 0 Å². The highest BCUT2D eigenvalue weighted by Crippen LogP contribution is 2.20. The fraction of sp³-hybridized carbons (Fsp3) is 1.00. The van der Waals surface area contributed by atoms with Crippen LogP contribution in [0.2, 0.25) is 0 Å². The number of hydrogen-bond donors (Lipinski definition) is 1. The molecule has 1 saturated carbocycles. The van der Waals surface area contributed by atoms with E-state index in [-0.39, 0.29) is 0 Å². The van der Waals surface area contributed by atoms with Gasteiger partial charge in [0.25, 0.3) is 0 Å². The van der Waals surface area contributed by atoms with E-state index >= 15 is 0 Å². The molecule has 2 atom stereocenters. The van der Waals surface area contributed by atoms with E-state index in [1.54, 1.807) is 0 Å². The van der Waals surface area contributed by atoms with Crippen LogP contribution in [-0.2, 0) is 4.74 Å². The minimum absolute atomic E-state index is 0.330. The maximum absolute atomic E-state index is 5.64. The lowest BCUT2D eigenvalue weighted by Crippen LogP contribution is -2.45. The third-order valence-electron chi connectivity index (χ3n) is 1.80. The van der Waals surface area contributed by atoms with Gasteiger partial charge in [0.2, 0.25) is 0 Å². The first-order valence-electron chi connectivity index (χ1n) is 3.71. The molecule has 0 spiro atoms. The minimum Gasteiger partial charge on any atom is -0.377 e. The molecule has 0 amide bonds. The highest BCUT2D eigenvalue weighted by Gasteiger charge is 2.27. The van der Waals surface area contributed by atoms with Crippen LogP contribution in [0.1, 0.15) is 26.2 Å². The first-order chi connectivity index (χ1) is 4.34. The molecule has 2 N–H and O–H groups in total. The summed E-state index contributed by atoms with van der Waals surface area (Å²) in [5, 5.41) is 0. The fourth-order valence-electron chi connectivity index (χ4n) is 0.971. The Bertz CT molecular complexity index is 85.0. The first-order valence-corrected chi connectivity index (χ1v) is 3.71. The molecular weight excluding hydrogens is 114 g/mol. The van der Waals surface area contributed by atoms with Crippen LogP contribution in [0.15, 0.2) is 0 Å². The van der Waals surface area contributed by atoms with E-state index in [0.29, 0.717) is 12.1 Å². The molecule has 0 saturated heterocycles. The summed E-state index contributed by atoms with van der Waals surface area (Å²) in [5.41, 5.74) is 5.64. The van der Waals surface area contributed by atoms with Crippen LogP contribution in [0.25, 0.3) is 0 Å². The predicted octanol–water partition coefficient (Wildman–Crippen LogP) is 0.903.